The molecule has 1 aliphatic heterocycles. The summed E-state index contributed by atoms with van der Waals surface area (Å²) in [7, 11) is 1.82. The third-order valence-corrected chi connectivity index (χ3v) is 4.15. The summed E-state index contributed by atoms with van der Waals surface area (Å²) < 4.78 is 14.7. The number of aromatic nitrogens is 1. The van der Waals surface area contributed by atoms with Crippen LogP contribution in [0.1, 0.15) is 25.1 Å². The van der Waals surface area contributed by atoms with Gasteiger partial charge in [-0.15, -0.1) is 0 Å². The number of anilines is 1. The fourth-order valence-corrected chi connectivity index (χ4v) is 3.27. The van der Waals surface area contributed by atoms with E-state index in [-0.39, 0.29) is 16.8 Å². The average Bonchev–Trinajstić information content (AvgIpc) is 2.68. The Labute approximate surface area is 123 Å². The van der Waals surface area contributed by atoms with E-state index in [2.05, 4.69) is 18.7 Å². The lowest BCUT2D eigenvalue weighted by molar-refractivity contribution is 0.513. The van der Waals surface area contributed by atoms with E-state index < -0.39 is 0 Å². The second-order valence-electron chi connectivity index (χ2n) is 6.33. The fraction of sp³-hybridized carbons (Fsp3) is 0.353. The summed E-state index contributed by atoms with van der Waals surface area (Å²) in [4.78, 5) is 14.1. The first-order chi connectivity index (χ1) is 9.88. The molecule has 0 saturated carbocycles. The Kier molecular flexibility index (Phi) is 3.12. The second-order valence-corrected chi connectivity index (χ2v) is 6.33. The van der Waals surface area contributed by atoms with Crippen LogP contribution in [0.2, 0.25) is 0 Å². The van der Waals surface area contributed by atoms with Crippen molar-refractivity contribution >= 4 is 5.69 Å². The van der Waals surface area contributed by atoms with Crippen LogP contribution in [0.25, 0.3) is 0 Å². The van der Waals surface area contributed by atoms with Crippen molar-refractivity contribution in [1.82, 2.24) is 4.57 Å². The largest absolute Gasteiger partial charge is 0.365 e. The Balaban J connectivity index is 1.99. The second kappa shape index (κ2) is 4.72. The Bertz CT molecular complexity index is 731. The standard InChI is InChI=1S/C17H19FN2O/c1-17(2)11-20(10-12-4-6-13(18)7-5-12)14-8-9-15(21)19(3)16(14)17/h4-9H,10-11H2,1-3H3. The van der Waals surface area contributed by atoms with Gasteiger partial charge in [-0.1, -0.05) is 26.0 Å². The summed E-state index contributed by atoms with van der Waals surface area (Å²) in [5.41, 5.74) is 3.16. The van der Waals surface area contributed by atoms with Crippen molar-refractivity contribution in [3.8, 4) is 0 Å². The molecule has 4 heteroatoms. The zero-order chi connectivity index (χ0) is 15.2. The first-order valence-corrected chi connectivity index (χ1v) is 7.08. The highest BCUT2D eigenvalue weighted by Crippen LogP contribution is 2.39. The SMILES string of the molecule is Cn1c2c(ccc1=O)N(Cc1ccc(F)cc1)CC2(C)C. The van der Waals surface area contributed by atoms with Crippen LogP contribution >= 0.6 is 0 Å². The summed E-state index contributed by atoms with van der Waals surface area (Å²) in [6, 6.07) is 10.1. The predicted molar refractivity (Wildman–Crippen MR) is 82.2 cm³/mol. The van der Waals surface area contributed by atoms with Gasteiger partial charge in [0.25, 0.3) is 5.56 Å². The Hall–Kier alpha value is -2.10. The van der Waals surface area contributed by atoms with Crippen LogP contribution in [0, 0.1) is 5.82 Å². The number of fused-ring (bicyclic) bond motifs is 1. The third-order valence-electron chi connectivity index (χ3n) is 4.15. The normalized spacial score (nSPS) is 16.1. The van der Waals surface area contributed by atoms with E-state index in [4.69, 9.17) is 0 Å². The smallest absolute Gasteiger partial charge is 0.250 e. The maximum Gasteiger partial charge on any atom is 0.250 e. The van der Waals surface area contributed by atoms with Gasteiger partial charge < -0.3 is 9.47 Å². The summed E-state index contributed by atoms with van der Waals surface area (Å²) in [6.45, 7) is 5.86. The van der Waals surface area contributed by atoms with Crippen LogP contribution in [0.15, 0.2) is 41.2 Å². The highest BCUT2D eigenvalue weighted by molar-refractivity contribution is 5.59. The first kappa shape index (κ1) is 13.9. The molecule has 0 saturated heterocycles. The van der Waals surface area contributed by atoms with Crippen LogP contribution in [-0.2, 0) is 19.0 Å². The van der Waals surface area contributed by atoms with Gasteiger partial charge in [0, 0.05) is 31.6 Å². The van der Waals surface area contributed by atoms with Gasteiger partial charge in [0.15, 0.2) is 0 Å². The van der Waals surface area contributed by atoms with Crippen LogP contribution in [-0.4, -0.2) is 11.1 Å². The molecule has 0 fully saturated rings. The number of rotatable bonds is 2. The molecule has 3 nitrogen and oxygen atoms in total. The number of hydrogen-bond acceptors (Lipinski definition) is 2. The minimum absolute atomic E-state index is 0.0189. The molecule has 0 N–H and O–H groups in total. The minimum Gasteiger partial charge on any atom is -0.365 e. The lowest BCUT2D eigenvalue weighted by atomic mass is 9.91. The van der Waals surface area contributed by atoms with Crippen molar-refractivity contribution in [2.24, 2.45) is 7.05 Å². The van der Waals surface area contributed by atoms with E-state index in [1.54, 1.807) is 10.6 Å². The molecule has 0 aliphatic carbocycles. The van der Waals surface area contributed by atoms with Gasteiger partial charge in [-0.05, 0) is 23.8 Å². The molecule has 0 amide bonds. The van der Waals surface area contributed by atoms with E-state index >= 15 is 0 Å². The molecule has 1 aromatic carbocycles. The maximum atomic E-state index is 13.0. The van der Waals surface area contributed by atoms with Crippen LogP contribution < -0.4 is 10.5 Å². The quantitative estimate of drug-likeness (QED) is 0.848. The molecular formula is C17H19FN2O. The van der Waals surface area contributed by atoms with Crippen molar-refractivity contribution in [3.05, 3.63) is 63.8 Å². The first-order valence-electron chi connectivity index (χ1n) is 7.08. The molecule has 21 heavy (non-hydrogen) atoms. The van der Waals surface area contributed by atoms with E-state index in [0.29, 0.717) is 0 Å². The van der Waals surface area contributed by atoms with E-state index in [1.165, 1.54) is 12.1 Å². The molecule has 0 bridgehead atoms. The molecule has 3 rings (SSSR count). The van der Waals surface area contributed by atoms with Gasteiger partial charge in [-0.25, -0.2) is 4.39 Å². The van der Waals surface area contributed by atoms with Gasteiger partial charge in [-0.3, -0.25) is 4.79 Å². The van der Waals surface area contributed by atoms with Crippen LogP contribution in [0.3, 0.4) is 0 Å². The summed E-state index contributed by atoms with van der Waals surface area (Å²) >= 11 is 0. The van der Waals surface area contributed by atoms with Crippen molar-refractivity contribution in [2.75, 3.05) is 11.4 Å². The van der Waals surface area contributed by atoms with Gasteiger partial charge in [-0.2, -0.15) is 0 Å². The lowest BCUT2D eigenvalue weighted by Gasteiger charge is -2.22. The molecule has 2 heterocycles. The molecule has 0 atom stereocenters. The topological polar surface area (TPSA) is 25.2 Å². The molecule has 0 unspecified atom stereocenters. The zero-order valence-corrected chi connectivity index (χ0v) is 12.6. The van der Waals surface area contributed by atoms with Gasteiger partial charge in [0.2, 0.25) is 0 Å². The zero-order valence-electron chi connectivity index (χ0n) is 12.6. The molecule has 0 radical (unpaired) electrons. The van der Waals surface area contributed by atoms with Gasteiger partial charge >= 0.3 is 0 Å². The van der Waals surface area contributed by atoms with E-state index in [1.807, 2.05) is 25.2 Å². The molecule has 1 aromatic heterocycles. The van der Waals surface area contributed by atoms with Crippen molar-refractivity contribution in [3.63, 3.8) is 0 Å². The van der Waals surface area contributed by atoms with Crippen molar-refractivity contribution in [2.45, 2.75) is 25.8 Å². The highest BCUT2D eigenvalue weighted by Gasteiger charge is 2.37. The number of hydrogen-bond donors (Lipinski definition) is 0. The lowest BCUT2D eigenvalue weighted by Crippen LogP contribution is -2.30. The molecule has 110 valence electrons. The predicted octanol–water partition coefficient (Wildman–Crippen LogP) is 2.82. The molecular weight excluding hydrogens is 267 g/mol. The molecule has 2 aromatic rings. The number of nitrogens with zero attached hydrogens (tertiary/aromatic N) is 2. The Morgan fingerprint density at radius 1 is 1.14 bits per heavy atom. The molecule has 0 spiro atoms. The summed E-state index contributed by atoms with van der Waals surface area (Å²) in [5.74, 6) is -0.219. The van der Waals surface area contributed by atoms with E-state index in [0.717, 1.165) is 30.0 Å². The molecule has 1 aliphatic rings. The summed E-state index contributed by atoms with van der Waals surface area (Å²) in [5, 5.41) is 0. The van der Waals surface area contributed by atoms with Gasteiger partial charge in [0.1, 0.15) is 5.82 Å². The Morgan fingerprint density at radius 3 is 2.48 bits per heavy atom. The Morgan fingerprint density at radius 2 is 1.81 bits per heavy atom. The fourth-order valence-electron chi connectivity index (χ4n) is 3.27. The number of benzene rings is 1. The third kappa shape index (κ3) is 2.35. The van der Waals surface area contributed by atoms with Gasteiger partial charge in [0.05, 0.1) is 11.4 Å². The number of pyridine rings is 1. The monoisotopic (exact) mass is 286 g/mol. The summed E-state index contributed by atoms with van der Waals surface area (Å²) in [6.07, 6.45) is 0. The maximum absolute atomic E-state index is 13.0. The van der Waals surface area contributed by atoms with Crippen molar-refractivity contribution < 1.29 is 4.39 Å². The van der Waals surface area contributed by atoms with E-state index in [9.17, 15) is 9.18 Å². The highest BCUT2D eigenvalue weighted by atomic mass is 19.1. The van der Waals surface area contributed by atoms with Crippen LogP contribution in [0.4, 0.5) is 10.1 Å². The van der Waals surface area contributed by atoms with Crippen LogP contribution in [0.5, 0.6) is 0 Å². The van der Waals surface area contributed by atoms with Crippen molar-refractivity contribution in [1.29, 1.82) is 0 Å². The average molecular weight is 286 g/mol. The number of halogens is 1. The minimum atomic E-state index is -0.219.